The van der Waals surface area contributed by atoms with Crippen LogP contribution < -0.4 is 0 Å². The highest BCUT2D eigenvalue weighted by atomic mass is 35.5. The van der Waals surface area contributed by atoms with Crippen LogP contribution in [0.1, 0.15) is 29.6 Å². The zero-order valence-corrected chi connectivity index (χ0v) is 21.9. The van der Waals surface area contributed by atoms with Gasteiger partial charge in [-0.05, 0) is 47.8 Å². The van der Waals surface area contributed by atoms with Gasteiger partial charge in [0, 0.05) is 48.0 Å². The lowest BCUT2D eigenvalue weighted by Crippen LogP contribution is -2.49. The lowest BCUT2D eigenvalue weighted by atomic mass is 9.74. The second kappa shape index (κ2) is 8.92. The number of amides is 1. The molecule has 2 aromatic rings. The van der Waals surface area contributed by atoms with Gasteiger partial charge in [0.2, 0.25) is 11.7 Å². The number of esters is 1. The molecule has 1 spiro atoms. The number of carbonyl (C=O) groups excluding carboxylic acids is 4. The first-order valence-electron chi connectivity index (χ1n) is 12.9. The first-order valence-corrected chi connectivity index (χ1v) is 13.3. The quantitative estimate of drug-likeness (QED) is 0.419. The number of nitrogens with zero attached hydrogens (tertiary/aromatic N) is 4. The van der Waals surface area contributed by atoms with E-state index in [0.29, 0.717) is 23.1 Å². The molecule has 7 rings (SSSR count). The van der Waals surface area contributed by atoms with Crippen molar-refractivity contribution in [2.75, 3.05) is 19.7 Å². The maximum absolute atomic E-state index is 15.2. The highest BCUT2D eigenvalue weighted by molar-refractivity contribution is 6.40. The van der Waals surface area contributed by atoms with Gasteiger partial charge in [0.05, 0.1) is 35.7 Å². The zero-order chi connectivity index (χ0) is 27.8. The second-order valence-corrected chi connectivity index (χ2v) is 11.2. The third-order valence-corrected chi connectivity index (χ3v) is 8.72. The Kier molecular flexibility index (Phi) is 5.54. The van der Waals surface area contributed by atoms with Crippen molar-refractivity contribution in [3.8, 4) is 0 Å². The summed E-state index contributed by atoms with van der Waals surface area (Å²) in [5, 5.41) is 0.00213. The lowest BCUT2D eigenvalue weighted by molar-refractivity contribution is -0.147. The average Bonchev–Trinajstić information content (AvgIpc) is 3.42. The summed E-state index contributed by atoms with van der Waals surface area (Å²) in [5.41, 5.74) is 2.13. The van der Waals surface area contributed by atoms with Gasteiger partial charge in [-0.25, -0.2) is 9.37 Å². The predicted octanol–water partition coefficient (Wildman–Crippen LogP) is 3.31. The topological polar surface area (TPSA) is 110 Å². The van der Waals surface area contributed by atoms with E-state index in [0.717, 1.165) is 24.4 Å². The van der Waals surface area contributed by atoms with E-state index in [9.17, 15) is 19.2 Å². The van der Waals surface area contributed by atoms with Crippen LogP contribution in [0.25, 0.3) is 5.52 Å². The van der Waals surface area contributed by atoms with Crippen LogP contribution in [0.5, 0.6) is 0 Å². The van der Waals surface area contributed by atoms with Gasteiger partial charge in [-0.2, -0.15) is 0 Å². The molecule has 11 heteroatoms. The number of ether oxygens (including phenoxy) is 1. The molecular weight excluding hydrogens is 539 g/mol. The van der Waals surface area contributed by atoms with Crippen molar-refractivity contribution >= 4 is 46.8 Å². The van der Waals surface area contributed by atoms with Crippen LogP contribution in [0, 0.1) is 11.3 Å². The summed E-state index contributed by atoms with van der Waals surface area (Å²) in [4.78, 5) is 62.4. The van der Waals surface area contributed by atoms with Crippen LogP contribution in [-0.4, -0.2) is 69.7 Å². The van der Waals surface area contributed by atoms with Crippen molar-refractivity contribution in [2.45, 2.75) is 25.3 Å². The molecule has 2 atom stereocenters. The first-order chi connectivity index (χ1) is 19.3. The Morgan fingerprint density at radius 3 is 2.83 bits per heavy atom. The Bertz CT molecular complexity index is 1710. The van der Waals surface area contributed by atoms with E-state index in [4.69, 9.17) is 16.3 Å². The standard InChI is InChI=1S/C29H22ClFN4O5/c30-21-10-32-9-19-25(18-5-17(36)6-22(31)26(18)21)20(12-35-24(38)7-29(3-4-29)27(19)35)28(39)40-13-23(37)15-1-2-16-8-33-14-34(16)11-15/h1-2,5-6,8,10-11,14,20,27H,3-4,7,9,12-13H2. The third kappa shape index (κ3) is 3.81. The lowest BCUT2D eigenvalue weighted by Gasteiger charge is -2.41. The molecule has 9 nitrogen and oxygen atoms in total. The number of ketones is 2. The number of fused-ring (bicyclic) bond motifs is 6. The Morgan fingerprint density at radius 1 is 1.20 bits per heavy atom. The number of allylic oxidation sites excluding steroid dienone is 6. The second-order valence-electron chi connectivity index (χ2n) is 10.8. The van der Waals surface area contributed by atoms with Crippen LogP contribution in [0.3, 0.4) is 0 Å². The number of hydrogen-bond acceptors (Lipinski definition) is 7. The van der Waals surface area contributed by atoms with Crippen molar-refractivity contribution in [1.29, 1.82) is 0 Å². The van der Waals surface area contributed by atoms with Crippen LogP contribution in [0.2, 0.25) is 0 Å². The number of aliphatic imine (C=N–C) groups is 1. The Hall–Kier alpha value is -4.18. The highest BCUT2D eigenvalue weighted by Gasteiger charge is 2.62. The molecule has 1 saturated heterocycles. The minimum Gasteiger partial charge on any atom is -0.457 e. The molecule has 2 aromatic heterocycles. The molecule has 1 saturated carbocycles. The normalized spacial score (nSPS) is 24.8. The summed E-state index contributed by atoms with van der Waals surface area (Å²) in [5.74, 6) is -3.71. The smallest absolute Gasteiger partial charge is 0.315 e. The summed E-state index contributed by atoms with van der Waals surface area (Å²) >= 11 is 6.42. The third-order valence-electron chi connectivity index (χ3n) is 8.43. The summed E-state index contributed by atoms with van der Waals surface area (Å²) in [6.07, 6.45) is 10.3. The van der Waals surface area contributed by atoms with E-state index in [-0.39, 0.29) is 46.6 Å². The summed E-state index contributed by atoms with van der Waals surface area (Å²) < 4.78 is 22.4. The number of hydrogen-bond donors (Lipinski definition) is 0. The Morgan fingerprint density at radius 2 is 2.02 bits per heavy atom. The number of aromatic nitrogens is 2. The molecular formula is C29H22ClFN4O5. The fourth-order valence-corrected chi connectivity index (χ4v) is 6.73. The molecule has 5 heterocycles. The largest absolute Gasteiger partial charge is 0.457 e. The SMILES string of the molecule is O=C1C=C(F)C2=C(Cl)C=NCC3=C(C2=C1)C(C(=O)OCC(=O)c1ccc2cncn2c1)CN1C(=O)CC2(CC2)C31. The van der Waals surface area contributed by atoms with Crippen LogP contribution >= 0.6 is 11.6 Å². The minimum absolute atomic E-state index is 0.00213. The van der Waals surface area contributed by atoms with Crippen molar-refractivity contribution < 1.29 is 28.3 Å². The number of imidazole rings is 1. The summed E-state index contributed by atoms with van der Waals surface area (Å²) in [6.45, 7) is -0.420. The highest BCUT2D eigenvalue weighted by Crippen LogP contribution is 2.62. The molecule has 0 bridgehead atoms. The Balaban J connectivity index is 1.27. The van der Waals surface area contributed by atoms with Gasteiger partial charge in [-0.1, -0.05) is 11.6 Å². The van der Waals surface area contributed by atoms with E-state index in [1.54, 1.807) is 40.2 Å². The van der Waals surface area contributed by atoms with Crippen LogP contribution in [-0.2, 0) is 19.1 Å². The fourth-order valence-electron chi connectivity index (χ4n) is 6.46. The first kappa shape index (κ1) is 24.8. The zero-order valence-electron chi connectivity index (χ0n) is 21.1. The Labute approximate surface area is 232 Å². The molecule has 2 aliphatic carbocycles. The number of Topliss-reactive ketones (excluding diaryl/α,β-unsaturated/α-hetero) is 1. The van der Waals surface area contributed by atoms with Crippen molar-refractivity contribution in [1.82, 2.24) is 14.3 Å². The molecule has 5 aliphatic rings. The van der Waals surface area contributed by atoms with Gasteiger partial charge in [0.1, 0.15) is 11.7 Å². The summed E-state index contributed by atoms with van der Waals surface area (Å²) in [7, 11) is 0. The molecule has 1 amide bonds. The van der Waals surface area contributed by atoms with E-state index >= 15 is 4.39 Å². The van der Waals surface area contributed by atoms with E-state index in [1.165, 1.54) is 12.3 Å². The van der Waals surface area contributed by atoms with Crippen molar-refractivity contribution in [3.63, 3.8) is 0 Å². The fraction of sp³-hybridized carbons (Fsp3) is 0.310. The maximum atomic E-state index is 15.2. The molecule has 2 unspecified atom stereocenters. The number of rotatable bonds is 4. The monoisotopic (exact) mass is 560 g/mol. The van der Waals surface area contributed by atoms with Gasteiger partial charge >= 0.3 is 5.97 Å². The predicted molar refractivity (Wildman–Crippen MR) is 141 cm³/mol. The molecule has 202 valence electrons. The number of halogens is 2. The number of carbonyl (C=O) groups is 4. The average molecular weight is 561 g/mol. The van der Waals surface area contributed by atoms with E-state index in [2.05, 4.69) is 9.98 Å². The number of pyridine rings is 1. The molecule has 2 fully saturated rings. The van der Waals surface area contributed by atoms with E-state index < -0.39 is 35.9 Å². The van der Waals surface area contributed by atoms with Crippen molar-refractivity contribution in [2.24, 2.45) is 16.3 Å². The van der Waals surface area contributed by atoms with Gasteiger partial charge in [0.15, 0.2) is 12.4 Å². The molecule has 0 aromatic carbocycles. The maximum Gasteiger partial charge on any atom is 0.315 e. The molecule has 40 heavy (non-hydrogen) atoms. The molecule has 0 N–H and O–H groups in total. The minimum atomic E-state index is -1.06. The molecule has 3 aliphatic heterocycles. The van der Waals surface area contributed by atoms with Gasteiger partial charge < -0.3 is 14.0 Å². The summed E-state index contributed by atoms with van der Waals surface area (Å²) in [6, 6.07) is 3.04. The van der Waals surface area contributed by atoms with Crippen LogP contribution in [0.4, 0.5) is 4.39 Å². The van der Waals surface area contributed by atoms with Crippen molar-refractivity contribution in [3.05, 3.63) is 81.7 Å². The van der Waals surface area contributed by atoms with Gasteiger partial charge in [-0.15, -0.1) is 0 Å². The van der Waals surface area contributed by atoms with E-state index in [1.807, 2.05) is 0 Å². The van der Waals surface area contributed by atoms with Gasteiger partial charge in [-0.3, -0.25) is 24.2 Å². The van der Waals surface area contributed by atoms with Crippen LogP contribution in [0.15, 0.2) is 81.1 Å². The molecule has 0 radical (unpaired) electrons. The van der Waals surface area contributed by atoms with Gasteiger partial charge in [0.25, 0.3) is 0 Å².